The van der Waals surface area contributed by atoms with E-state index >= 15 is 0 Å². The molecule has 0 bridgehead atoms. The minimum absolute atomic E-state index is 0.0509. The van der Waals surface area contributed by atoms with Crippen LogP contribution in [0.5, 0.6) is 0 Å². The molecule has 10 heteroatoms. The normalized spacial score (nSPS) is 17.2. The summed E-state index contributed by atoms with van der Waals surface area (Å²) in [5, 5.41) is 0. The Kier molecular flexibility index (Phi) is 8.14. The number of aryl methyl sites for hydroxylation is 1. The molecule has 0 aromatic heterocycles. The van der Waals surface area contributed by atoms with E-state index in [1.54, 1.807) is 0 Å². The highest BCUT2D eigenvalue weighted by Crippen LogP contribution is 2.25. The molecule has 0 amide bonds. The van der Waals surface area contributed by atoms with Crippen molar-refractivity contribution in [3.05, 3.63) is 65.5 Å². The Bertz CT molecular complexity index is 1010. The van der Waals surface area contributed by atoms with Crippen LogP contribution in [0.4, 0.5) is 18.9 Å². The molecular weight excluding hydrogens is 445 g/mol. The van der Waals surface area contributed by atoms with Crippen molar-refractivity contribution in [1.29, 1.82) is 0 Å². The van der Waals surface area contributed by atoms with Gasteiger partial charge in [-0.1, -0.05) is 30.3 Å². The molecule has 1 fully saturated rings. The molecule has 0 spiro atoms. The van der Waals surface area contributed by atoms with Crippen molar-refractivity contribution in [3.8, 4) is 0 Å². The zero-order valence-electron chi connectivity index (χ0n) is 17.4. The number of carbonyl (C=O) groups excluding carboxylic acids is 1. The smallest absolute Gasteiger partial charge is 0.324 e. The van der Waals surface area contributed by atoms with Crippen molar-refractivity contribution in [1.82, 2.24) is 4.31 Å². The molecule has 0 saturated carbocycles. The molecule has 32 heavy (non-hydrogen) atoms. The Labute approximate surface area is 185 Å². The largest absolute Gasteiger partial charge is 0.464 e. The van der Waals surface area contributed by atoms with Gasteiger partial charge in [-0.05, 0) is 44.1 Å². The van der Waals surface area contributed by atoms with Crippen molar-refractivity contribution in [3.63, 3.8) is 0 Å². The molecule has 0 aliphatic carbocycles. The highest BCUT2D eigenvalue weighted by atomic mass is 32.2. The van der Waals surface area contributed by atoms with Gasteiger partial charge in [0.15, 0.2) is 17.5 Å². The van der Waals surface area contributed by atoms with Crippen molar-refractivity contribution in [2.75, 3.05) is 17.9 Å². The highest BCUT2D eigenvalue weighted by molar-refractivity contribution is 7.90. The standard InChI is InChI=1S/C22H25F3N2O4S/c23-18-14-17(15-19(24)21(18)25)26-32(29,30)27-12-6-4-11-20(27)22(28)31-13-7-5-10-16-8-2-1-3-9-16/h1-3,8-9,14-15,20,26H,4-7,10-13H2/t20-/m0/s1. The number of benzene rings is 2. The van der Waals surface area contributed by atoms with Crippen molar-refractivity contribution < 1.29 is 31.1 Å². The van der Waals surface area contributed by atoms with Crippen LogP contribution in [-0.2, 0) is 26.2 Å². The number of nitrogens with zero attached hydrogens (tertiary/aromatic N) is 1. The average Bonchev–Trinajstić information content (AvgIpc) is 2.77. The maximum absolute atomic E-state index is 13.4. The Morgan fingerprint density at radius 3 is 2.44 bits per heavy atom. The molecule has 0 unspecified atom stereocenters. The second-order valence-corrected chi connectivity index (χ2v) is 9.22. The van der Waals surface area contributed by atoms with E-state index in [9.17, 15) is 26.4 Å². The second kappa shape index (κ2) is 10.8. The highest BCUT2D eigenvalue weighted by Gasteiger charge is 2.38. The molecule has 1 aliphatic rings. The molecule has 1 atom stereocenters. The summed E-state index contributed by atoms with van der Waals surface area (Å²) in [6.45, 7) is 0.215. The van der Waals surface area contributed by atoms with Crippen molar-refractivity contribution in [2.24, 2.45) is 0 Å². The third-order valence-corrected chi connectivity index (χ3v) is 6.76. The number of ether oxygens (including phenoxy) is 1. The lowest BCUT2D eigenvalue weighted by Crippen LogP contribution is -2.50. The molecule has 3 rings (SSSR count). The summed E-state index contributed by atoms with van der Waals surface area (Å²) in [6.07, 6.45) is 3.72. The minimum Gasteiger partial charge on any atom is -0.464 e. The first-order chi connectivity index (χ1) is 15.3. The van der Waals surface area contributed by atoms with Gasteiger partial charge in [0.1, 0.15) is 6.04 Å². The number of halogens is 3. The lowest BCUT2D eigenvalue weighted by Gasteiger charge is -2.33. The predicted octanol–water partition coefficient (Wildman–Crippen LogP) is 4.18. The van der Waals surface area contributed by atoms with Crippen molar-refractivity contribution >= 4 is 21.9 Å². The average molecular weight is 471 g/mol. The number of piperidine rings is 1. The fraction of sp³-hybridized carbons (Fsp3) is 0.409. The van der Waals surface area contributed by atoms with E-state index in [0.29, 0.717) is 31.4 Å². The Morgan fingerprint density at radius 1 is 1.06 bits per heavy atom. The maximum atomic E-state index is 13.4. The number of nitrogens with one attached hydrogen (secondary N) is 1. The van der Waals surface area contributed by atoms with Crippen LogP contribution in [-0.4, -0.2) is 37.9 Å². The van der Waals surface area contributed by atoms with E-state index < -0.39 is 45.4 Å². The van der Waals surface area contributed by atoms with E-state index in [-0.39, 0.29) is 19.6 Å². The molecular formula is C22H25F3N2O4S. The lowest BCUT2D eigenvalue weighted by molar-refractivity contribution is -0.149. The Morgan fingerprint density at radius 2 is 1.75 bits per heavy atom. The SMILES string of the molecule is O=C(OCCCCc1ccccc1)[C@@H]1CCCCN1S(=O)(=O)Nc1cc(F)c(F)c(F)c1. The summed E-state index contributed by atoms with van der Waals surface area (Å²) in [6, 6.07) is 9.93. The van der Waals surface area contributed by atoms with Gasteiger partial charge < -0.3 is 4.74 Å². The topological polar surface area (TPSA) is 75.7 Å². The van der Waals surface area contributed by atoms with Crippen molar-refractivity contribution in [2.45, 2.75) is 44.6 Å². The lowest BCUT2D eigenvalue weighted by atomic mass is 10.1. The molecule has 1 heterocycles. The van der Waals surface area contributed by atoms with Crippen LogP contribution in [0, 0.1) is 17.5 Å². The first-order valence-electron chi connectivity index (χ1n) is 10.4. The van der Waals surface area contributed by atoms with Gasteiger partial charge >= 0.3 is 16.2 Å². The quantitative estimate of drug-likeness (QED) is 0.339. The number of hydrogen-bond acceptors (Lipinski definition) is 4. The second-order valence-electron chi connectivity index (χ2n) is 7.59. The maximum Gasteiger partial charge on any atom is 0.324 e. The molecule has 1 aliphatic heterocycles. The Hall–Kier alpha value is -2.59. The van der Waals surface area contributed by atoms with Gasteiger partial charge in [-0.15, -0.1) is 0 Å². The summed E-state index contributed by atoms with van der Waals surface area (Å²) >= 11 is 0. The van der Waals surface area contributed by atoms with Gasteiger partial charge in [0.25, 0.3) is 0 Å². The van der Waals surface area contributed by atoms with Crippen LogP contribution < -0.4 is 4.72 Å². The summed E-state index contributed by atoms with van der Waals surface area (Å²) in [7, 11) is -4.32. The zero-order chi connectivity index (χ0) is 23.1. The fourth-order valence-electron chi connectivity index (χ4n) is 3.60. The summed E-state index contributed by atoms with van der Waals surface area (Å²) < 4.78 is 73.8. The Balaban J connectivity index is 1.57. The number of hydrogen-bond donors (Lipinski definition) is 1. The molecule has 1 N–H and O–H groups in total. The fourth-order valence-corrected chi connectivity index (χ4v) is 5.02. The predicted molar refractivity (Wildman–Crippen MR) is 114 cm³/mol. The van der Waals surface area contributed by atoms with Crippen LogP contribution in [0.15, 0.2) is 42.5 Å². The van der Waals surface area contributed by atoms with E-state index in [2.05, 4.69) is 0 Å². The molecule has 2 aromatic rings. The van der Waals surface area contributed by atoms with Gasteiger partial charge in [-0.3, -0.25) is 9.52 Å². The molecule has 174 valence electrons. The molecule has 6 nitrogen and oxygen atoms in total. The third-order valence-electron chi connectivity index (χ3n) is 5.21. The monoisotopic (exact) mass is 470 g/mol. The van der Waals surface area contributed by atoms with Crippen LogP contribution in [0.3, 0.4) is 0 Å². The number of carbonyl (C=O) groups is 1. The third kappa shape index (κ3) is 6.23. The summed E-state index contributed by atoms with van der Waals surface area (Å²) in [4.78, 5) is 12.6. The van der Waals surface area contributed by atoms with Crippen LogP contribution >= 0.6 is 0 Å². The van der Waals surface area contributed by atoms with Crippen LogP contribution in [0.1, 0.15) is 37.7 Å². The van der Waals surface area contributed by atoms with E-state index in [1.165, 1.54) is 5.56 Å². The van der Waals surface area contributed by atoms with Crippen LogP contribution in [0.25, 0.3) is 0 Å². The van der Waals surface area contributed by atoms with E-state index in [4.69, 9.17) is 4.74 Å². The van der Waals surface area contributed by atoms with Gasteiger partial charge in [-0.2, -0.15) is 12.7 Å². The first kappa shape index (κ1) is 24.1. The molecule has 1 saturated heterocycles. The number of anilines is 1. The number of esters is 1. The summed E-state index contributed by atoms with van der Waals surface area (Å²) in [5.74, 6) is -5.40. The zero-order valence-corrected chi connectivity index (χ0v) is 18.2. The number of unbranched alkanes of at least 4 members (excludes halogenated alkanes) is 1. The van der Waals surface area contributed by atoms with Gasteiger partial charge in [0, 0.05) is 18.7 Å². The molecule has 2 aromatic carbocycles. The first-order valence-corrected chi connectivity index (χ1v) is 11.9. The molecule has 0 radical (unpaired) electrons. The van der Waals surface area contributed by atoms with Gasteiger partial charge in [0.2, 0.25) is 0 Å². The van der Waals surface area contributed by atoms with E-state index in [1.807, 2.05) is 35.1 Å². The van der Waals surface area contributed by atoms with Gasteiger partial charge in [-0.25, -0.2) is 13.2 Å². The summed E-state index contributed by atoms with van der Waals surface area (Å²) in [5.41, 5.74) is 0.711. The van der Waals surface area contributed by atoms with E-state index in [0.717, 1.165) is 17.1 Å². The van der Waals surface area contributed by atoms with Gasteiger partial charge in [0.05, 0.1) is 12.3 Å². The van der Waals surface area contributed by atoms with Crippen LogP contribution in [0.2, 0.25) is 0 Å². The number of rotatable bonds is 9. The minimum atomic E-state index is -4.32.